The lowest BCUT2D eigenvalue weighted by Crippen LogP contribution is -2.56. The lowest BCUT2D eigenvalue weighted by atomic mass is 10.1. The third-order valence-corrected chi connectivity index (χ3v) is 3.60. The fourth-order valence-corrected chi connectivity index (χ4v) is 2.17. The summed E-state index contributed by atoms with van der Waals surface area (Å²) in [6.07, 6.45) is -5.78. The Morgan fingerprint density at radius 2 is 2.05 bits per heavy atom. The van der Waals surface area contributed by atoms with Gasteiger partial charge in [0.15, 0.2) is 0 Å². The minimum atomic E-state index is -5.01. The summed E-state index contributed by atoms with van der Waals surface area (Å²) >= 11 is 5.81. The normalized spacial score (nSPS) is 22.4. The third-order valence-electron chi connectivity index (χ3n) is 3.17. The van der Waals surface area contributed by atoms with E-state index in [1.807, 2.05) is 0 Å². The van der Waals surface area contributed by atoms with Crippen molar-refractivity contribution in [1.82, 2.24) is 5.01 Å². The monoisotopic (exact) mass is 320 g/mol. The van der Waals surface area contributed by atoms with Gasteiger partial charge in [0.05, 0.1) is 0 Å². The Kier molecular flexibility index (Phi) is 3.75. The van der Waals surface area contributed by atoms with Crippen LogP contribution in [0.3, 0.4) is 0 Å². The summed E-state index contributed by atoms with van der Waals surface area (Å²) in [7, 11) is 0. The molecule has 0 fully saturated rings. The maximum absolute atomic E-state index is 13.0. The molecule has 1 aromatic carbocycles. The number of hydrogen-bond acceptors (Lipinski definition) is 3. The molecule has 0 aliphatic carbocycles. The number of carbonyl (C=O) groups excluding carboxylic acids is 1. The molecule has 1 aliphatic rings. The van der Waals surface area contributed by atoms with Crippen LogP contribution in [0, 0.1) is 6.92 Å². The van der Waals surface area contributed by atoms with Crippen molar-refractivity contribution in [3.05, 3.63) is 34.3 Å². The Morgan fingerprint density at radius 1 is 1.43 bits per heavy atom. The summed E-state index contributed by atoms with van der Waals surface area (Å²) in [6.45, 7) is 2.94. The van der Waals surface area contributed by atoms with Crippen molar-refractivity contribution in [2.24, 2.45) is 5.10 Å². The highest BCUT2D eigenvalue weighted by molar-refractivity contribution is 6.31. The highest BCUT2D eigenvalue weighted by Gasteiger charge is 2.62. The molecule has 8 heteroatoms. The zero-order valence-electron chi connectivity index (χ0n) is 11.2. The molecular formula is C13H12ClF3N2O2. The minimum absolute atomic E-state index is 0.0221. The summed E-state index contributed by atoms with van der Waals surface area (Å²) < 4.78 is 39.1. The van der Waals surface area contributed by atoms with Crippen LogP contribution in [0.15, 0.2) is 23.3 Å². The summed E-state index contributed by atoms with van der Waals surface area (Å²) in [5, 5.41) is 13.9. The number of hydrogen-bond donors (Lipinski definition) is 1. The lowest BCUT2D eigenvalue weighted by molar-refractivity contribution is -0.297. The van der Waals surface area contributed by atoms with Crippen LogP contribution in [0.4, 0.5) is 13.2 Å². The standard InChI is InChI=1S/C13H12ClF3N2O2/c1-7-5-9(3-4-10(7)14)11(20)19-12(21,13(15,16)17)6-8(2)18-19/h3-5,21H,6H2,1-2H3/t12-/m1/s1. The van der Waals surface area contributed by atoms with Crippen LogP contribution in [0.2, 0.25) is 5.02 Å². The molecule has 0 aromatic heterocycles. The molecule has 1 N–H and O–H groups in total. The summed E-state index contributed by atoms with van der Waals surface area (Å²) in [5.74, 6) is -1.04. The smallest absolute Gasteiger partial charge is 0.362 e. The molecule has 2 rings (SSSR count). The van der Waals surface area contributed by atoms with Crippen LogP contribution >= 0.6 is 11.6 Å². The number of nitrogens with zero attached hydrogens (tertiary/aromatic N) is 2. The van der Waals surface area contributed by atoms with Crippen LogP contribution in [0.5, 0.6) is 0 Å². The topological polar surface area (TPSA) is 52.9 Å². The predicted octanol–water partition coefficient (Wildman–Crippen LogP) is 3.12. The number of amides is 1. The number of aryl methyl sites for hydroxylation is 1. The Balaban J connectivity index is 2.43. The predicted molar refractivity (Wildman–Crippen MR) is 71.1 cm³/mol. The van der Waals surface area contributed by atoms with Crippen LogP contribution < -0.4 is 0 Å². The van der Waals surface area contributed by atoms with Gasteiger partial charge in [0.1, 0.15) is 0 Å². The highest BCUT2D eigenvalue weighted by Crippen LogP contribution is 2.40. The first-order chi connectivity index (χ1) is 9.56. The van der Waals surface area contributed by atoms with E-state index < -0.39 is 24.2 Å². The average Bonchev–Trinajstić information content (AvgIpc) is 2.68. The Morgan fingerprint density at radius 3 is 2.57 bits per heavy atom. The second-order valence-corrected chi connectivity index (χ2v) is 5.31. The van der Waals surface area contributed by atoms with Crippen LogP contribution in [0.25, 0.3) is 0 Å². The fraction of sp³-hybridized carbons (Fsp3) is 0.385. The van der Waals surface area contributed by atoms with Gasteiger partial charge in [-0.25, -0.2) is 0 Å². The molecule has 1 amide bonds. The van der Waals surface area contributed by atoms with E-state index in [0.29, 0.717) is 10.6 Å². The molecule has 1 heterocycles. The second kappa shape index (κ2) is 4.99. The molecule has 1 atom stereocenters. The van der Waals surface area contributed by atoms with E-state index in [0.717, 1.165) is 0 Å². The molecule has 1 aromatic rings. The van der Waals surface area contributed by atoms with Gasteiger partial charge in [-0.05, 0) is 37.6 Å². The molecule has 0 spiro atoms. The van der Waals surface area contributed by atoms with Crippen molar-refractivity contribution in [2.45, 2.75) is 32.2 Å². The molecule has 0 radical (unpaired) electrons. The average molecular weight is 321 g/mol. The van der Waals surface area contributed by atoms with Crippen molar-refractivity contribution in [3.8, 4) is 0 Å². The van der Waals surface area contributed by atoms with Crippen LogP contribution in [0.1, 0.15) is 29.3 Å². The van der Waals surface area contributed by atoms with Gasteiger partial charge in [-0.1, -0.05) is 11.6 Å². The van der Waals surface area contributed by atoms with Crippen LogP contribution in [-0.2, 0) is 0 Å². The molecule has 4 nitrogen and oxygen atoms in total. The zero-order valence-corrected chi connectivity index (χ0v) is 12.0. The third kappa shape index (κ3) is 2.63. The van der Waals surface area contributed by atoms with Gasteiger partial charge in [-0.15, -0.1) is 0 Å². The fourth-order valence-electron chi connectivity index (χ4n) is 2.05. The summed E-state index contributed by atoms with van der Waals surface area (Å²) in [4.78, 5) is 12.2. The van der Waals surface area contributed by atoms with E-state index in [4.69, 9.17) is 11.6 Å². The number of rotatable bonds is 1. The van der Waals surface area contributed by atoms with E-state index in [-0.39, 0.29) is 16.3 Å². The van der Waals surface area contributed by atoms with Gasteiger partial charge < -0.3 is 5.11 Å². The molecule has 0 unspecified atom stereocenters. The summed E-state index contributed by atoms with van der Waals surface area (Å²) in [6, 6.07) is 4.05. The number of halogens is 4. The maximum Gasteiger partial charge on any atom is 0.438 e. The molecule has 0 bridgehead atoms. The van der Waals surface area contributed by atoms with E-state index in [1.54, 1.807) is 6.92 Å². The maximum atomic E-state index is 13.0. The van der Waals surface area contributed by atoms with Crippen molar-refractivity contribution < 1.29 is 23.1 Å². The Hall–Kier alpha value is -1.60. The Labute approximate surface area is 123 Å². The van der Waals surface area contributed by atoms with Gasteiger partial charge in [-0.3, -0.25) is 4.79 Å². The number of hydrazone groups is 1. The molecular weight excluding hydrogens is 309 g/mol. The van der Waals surface area contributed by atoms with Gasteiger partial charge in [0.2, 0.25) is 0 Å². The SMILES string of the molecule is CC1=NN(C(=O)c2ccc(Cl)c(C)c2)[C@](O)(C(F)(F)F)C1. The first-order valence-corrected chi connectivity index (χ1v) is 6.38. The molecule has 0 saturated carbocycles. The van der Waals surface area contributed by atoms with E-state index in [1.165, 1.54) is 25.1 Å². The number of carbonyl (C=O) groups is 1. The second-order valence-electron chi connectivity index (χ2n) is 4.91. The van der Waals surface area contributed by atoms with Gasteiger partial charge in [-0.2, -0.15) is 23.3 Å². The largest absolute Gasteiger partial charge is 0.438 e. The van der Waals surface area contributed by atoms with Gasteiger partial charge in [0, 0.05) is 22.7 Å². The van der Waals surface area contributed by atoms with Crippen molar-refractivity contribution in [3.63, 3.8) is 0 Å². The number of alkyl halides is 3. The highest BCUT2D eigenvalue weighted by atomic mass is 35.5. The first kappa shape index (κ1) is 15.8. The minimum Gasteiger partial charge on any atom is -0.362 e. The quantitative estimate of drug-likeness (QED) is 0.864. The van der Waals surface area contributed by atoms with E-state index >= 15 is 0 Å². The molecule has 114 valence electrons. The van der Waals surface area contributed by atoms with Gasteiger partial charge >= 0.3 is 6.18 Å². The van der Waals surface area contributed by atoms with Crippen molar-refractivity contribution >= 4 is 23.2 Å². The lowest BCUT2D eigenvalue weighted by Gasteiger charge is -2.32. The van der Waals surface area contributed by atoms with Crippen molar-refractivity contribution in [1.29, 1.82) is 0 Å². The number of aliphatic hydroxyl groups is 1. The Bertz CT molecular complexity index is 630. The first-order valence-electron chi connectivity index (χ1n) is 6.00. The molecule has 21 heavy (non-hydrogen) atoms. The van der Waals surface area contributed by atoms with Crippen molar-refractivity contribution in [2.75, 3.05) is 0 Å². The molecule has 0 saturated heterocycles. The van der Waals surface area contributed by atoms with Crippen LogP contribution in [-0.4, -0.2) is 33.6 Å². The van der Waals surface area contributed by atoms with E-state index in [9.17, 15) is 23.1 Å². The van der Waals surface area contributed by atoms with Gasteiger partial charge in [0.25, 0.3) is 11.6 Å². The molecule has 1 aliphatic heterocycles. The van der Waals surface area contributed by atoms with E-state index in [2.05, 4.69) is 5.10 Å². The zero-order chi connectivity index (χ0) is 16.0. The number of benzene rings is 1. The summed E-state index contributed by atoms with van der Waals surface area (Å²) in [5.41, 5.74) is -2.79.